The summed E-state index contributed by atoms with van der Waals surface area (Å²) in [6.07, 6.45) is 0.666. The number of ether oxygens (including phenoxy) is 1. The van der Waals surface area contributed by atoms with Gasteiger partial charge in [-0.15, -0.1) is 11.6 Å². The average Bonchev–Trinajstić information content (AvgIpc) is 2.68. The molecule has 1 atom stereocenters. The molecule has 1 fully saturated rings. The van der Waals surface area contributed by atoms with Crippen molar-refractivity contribution in [3.8, 4) is 0 Å². The van der Waals surface area contributed by atoms with E-state index in [1.807, 2.05) is 0 Å². The number of esters is 1. The predicted molar refractivity (Wildman–Crippen MR) is 103 cm³/mol. The first kappa shape index (κ1) is 22.2. The predicted octanol–water partition coefficient (Wildman–Crippen LogP) is 3.29. The first-order valence-electron chi connectivity index (χ1n) is 7.96. The lowest BCUT2D eigenvalue weighted by atomic mass is 10.0. The van der Waals surface area contributed by atoms with Crippen molar-refractivity contribution < 1.29 is 22.7 Å². The van der Waals surface area contributed by atoms with Crippen LogP contribution in [0.25, 0.3) is 0 Å². The number of nitrogens with zero attached hydrogens (tertiary/aromatic N) is 2. The van der Waals surface area contributed by atoms with E-state index in [0.717, 1.165) is 4.31 Å². The highest BCUT2D eigenvalue weighted by Gasteiger charge is 2.49. The van der Waals surface area contributed by atoms with Gasteiger partial charge in [0.15, 0.2) is 6.73 Å². The van der Waals surface area contributed by atoms with E-state index in [9.17, 15) is 18.0 Å². The normalized spacial score (nSPS) is 20.1. The lowest BCUT2D eigenvalue weighted by molar-refractivity contribution is -0.130. The minimum atomic E-state index is -4.10. The van der Waals surface area contributed by atoms with Crippen LogP contribution in [0.5, 0.6) is 0 Å². The Morgan fingerprint density at radius 1 is 1.26 bits per heavy atom. The third-order valence-electron chi connectivity index (χ3n) is 4.10. The van der Waals surface area contributed by atoms with Crippen LogP contribution in [0.4, 0.5) is 0 Å². The molecule has 1 heterocycles. The fourth-order valence-electron chi connectivity index (χ4n) is 2.55. The van der Waals surface area contributed by atoms with Gasteiger partial charge in [0, 0.05) is 11.9 Å². The maximum atomic E-state index is 12.5. The molecule has 1 aromatic rings. The number of amides is 1. The van der Waals surface area contributed by atoms with E-state index in [1.54, 1.807) is 19.9 Å². The maximum Gasteiger partial charge on any atom is 0.342 e. The van der Waals surface area contributed by atoms with Gasteiger partial charge in [-0.1, -0.05) is 29.3 Å². The van der Waals surface area contributed by atoms with Crippen molar-refractivity contribution in [2.45, 2.75) is 37.6 Å². The Bertz CT molecular complexity index is 834. The second kappa shape index (κ2) is 8.13. The first-order chi connectivity index (χ1) is 12.4. The van der Waals surface area contributed by atoms with E-state index in [0.29, 0.717) is 10.7 Å². The molecular formula is C16H19Cl3N2O5S. The van der Waals surface area contributed by atoms with Crippen LogP contribution in [-0.2, 0) is 19.7 Å². The highest BCUT2D eigenvalue weighted by Crippen LogP contribution is 2.30. The van der Waals surface area contributed by atoms with Crippen molar-refractivity contribution >= 4 is 56.9 Å². The summed E-state index contributed by atoms with van der Waals surface area (Å²) in [4.78, 5) is 24.2. The van der Waals surface area contributed by atoms with E-state index in [2.05, 4.69) is 0 Å². The topological polar surface area (TPSA) is 84.0 Å². The minimum absolute atomic E-state index is 0.0578. The number of likely N-dealkylation sites (N-methyl/N-ethyl adjacent to an activating group) is 1. The summed E-state index contributed by atoms with van der Waals surface area (Å²) < 4.78 is 31.4. The van der Waals surface area contributed by atoms with Crippen molar-refractivity contribution in [2.75, 3.05) is 13.8 Å². The third-order valence-corrected chi connectivity index (χ3v) is 6.75. The van der Waals surface area contributed by atoms with Crippen LogP contribution in [0.2, 0.25) is 10.0 Å². The first-order valence-corrected chi connectivity index (χ1v) is 10.5. The van der Waals surface area contributed by atoms with E-state index in [-0.39, 0.29) is 22.0 Å². The van der Waals surface area contributed by atoms with Crippen LogP contribution in [0.1, 0.15) is 37.0 Å². The molecular weight excluding hydrogens is 439 g/mol. The highest BCUT2D eigenvalue weighted by atomic mass is 35.5. The summed E-state index contributed by atoms with van der Waals surface area (Å²) >= 11 is 18.0. The number of hydrogen-bond donors (Lipinski definition) is 0. The van der Waals surface area contributed by atoms with Crippen molar-refractivity contribution in [2.24, 2.45) is 0 Å². The third kappa shape index (κ3) is 4.86. The largest absolute Gasteiger partial charge is 0.439 e. The molecule has 0 N–H and O–H groups in total. The van der Waals surface area contributed by atoms with Crippen LogP contribution in [0.15, 0.2) is 18.2 Å². The van der Waals surface area contributed by atoms with Crippen molar-refractivity contribution in [3.05, 3.63) is 33.8 Å². The molecule has 0 aromatic heterocycles. The summed E-state index contributed by atoms with van der Waals surface area (Å²) in [5, 5.41) is 0.116. The molecule has 0 aliphatic carbocycles. The number of hydrogen-bond acceptors (Lipinski definition) is 5. The molecule has 7 nitrogen and oxygen atoms in total. The second-order valence-corrected chi connectivity index (χ2v) is 10.4. The fourth-order valence-corrected chi connectivity index (χ4v) is 4.57. The quantitative estimate of drug-likeness (QED) is 0.483. The molecule has 0 saturated carbocycles. The van der Waals surface area contributed by atoms with Crippen molar-refractivity contribution in [1.82, 2.24) is 8.61 Å². The molecule has 150 valence electrons. The number of carbonyl (C=O) groups is 2. The molecule has 1 unspecified atom stereocenters. The van der Waals surface area contributed by atoms with Crippen molar-refractivity contribution in [1.29, 1.82) is 0 Å². The van der Waals surface area contributed by atoms with Crippen LogP contribution in [0, 0.1) is 0 Å². The molecule has 2 rings (SSSR count). The van der Waals surface area contributed by atoms with Gasteiger partial charge in [0.25, 0.3) is 5.91 Å². The number of halogens is 3. The molecule has 0 radical (unpaired) electrons. The number of carbonyl (C=O) groups excluding carboxylic acids is 2. The Hall–Kier alpha value is -1.06. The standard InChI is InChI=1S/C16H19Cl3N2O5S/c1-16(2,19)8-7-12-14(22)21(27(24,25)20(12)3)9-26-15(23)13-10(17)5-4-6-11(13)18/h4-6,12H,7-9H2,1-3H3. The van der Waals surface area contributed by atoms with E-state index in [1.165, 1.54) is 19.2 Å². The zero-order valence-corrected chi connectivity index (χ0v) is 18.0. The molecule has 0 spiro atoms. The summed E-state index contributed by atoms with van der Waals surface area (Å²) in [5.41, 5.74) is -0.0985. The second-order valence-electron chi connectivity index (χ2n) is 6.64. The molecule has 27 heavy (non-hydrogen) atoms. The molecule has 1 aromatic carbocycles. The Kier molecular flexibility index (Phi) is 6.69. The van der Waals surface area contributed by atoms with Gasteiger partial charge in [-0.05, 0) is 38.8 Å². The van der Waals surface area contributed by atoms with Gasteiger partial charge in [-0.25, -0.2) is 4.79 Å². The smallest absolute Gasteiger partial charge is 0.342 e. The summed E-state index contributed by atoms with van der Waals surface area (Å²) in [5.74, 6) is -1.61. The number of alkyl halides is 1. The highest BCUT2D eigenvalue weighted by molar-refractivity contribution is 7.87. The van der Waals surface area contributed by atoms with Gasteiger partial charge in [-0.3, -0.25) is 4.79 Å². The van der Waals surface area contributed by atoms with Crippen LogP contribution >= 0.6 is 34.8 Å². The van der Waals surface area contributed by atoms with E-state index in [4.69, 9.17) is 39.5 Å². The lowest BCUT2D eigenvalue weighted by Gasteiger charge is -2.19. The molecule has 1 amide bonds. The molecule has 1 aliphatic rings. The zero-order valence-electron chi connectivity index (χ0n) is 14.9. The van der Waals surface area contributed by atoms with Crippen molar-refractivity contribution in [3.63, 3.8) is 0 Å². The Morgan fingerprint density at radius 3 is 2.33 bits per heavy atom. The Balaban J connectivity index is 2.14. The summed E-state index contributed by atoms with van der Waals surface area (Å²) in [7, 11) is -2.80. The fraction of sp³-hybridized carbons (Fsp3) is 0.500. The van der Waals surface area contributed by atoms with Crippen LogP contribution < -0.4 is 0 Å². The minimum Gasteiger partial charge on any atom is -0.439 e. The van der Waals surface area contributed by atoms with Gasteiger partial charge in [0.05, 0.1) is 15.6 Å². The van der Waals surface area contributed by atoms with Gasteiger partial charge in [-0.2, -0.15) is 17.0 Å². The average molecular weight is 458 g/mol. The lowest BCUT2D eigenvalue weighted by Crippen LogP contribution is -2.35. The van der Waals surface area contributed by atoms with Gasteiger partial charge in [0.2, 0.25) is 0 Å². The molecule has 1 saturated heterocycles. The Morgan fingerprint density at radius 2 is 1.81 bits per heavy atom. The summed E-state index contributed by atoms with van der Waals surface area (Å²) in [6, 6.07) is 3.53. The monoisotopic (exact) mass is 456 g/mol. The van der Waals surface area contributed by atoms with Crippen LogP contribution in [0.3, 0.4) is 0 Å². The van der Waals surface area contributed by atoms with Gasteiger partial charge >= 0.3 is 16.2 Å². The number of benzene rings is 1. The Labute approximate surface area is 173 Å². The molecule has 0 bridgehead atoms. The number of rotatable bonds is 6. The SMILES string of the molecule is CN1C(CCC(C)(C)Cl)C(=O)N(COC(=O)c2c(Cl)cccc2Cl)S1(=O)=O. The maximum absolute atomic E-state index is 12.5. The van der Waals surface area contributed by atoms with E-state index < -0.39 is 39.7 Å². The molecule has 11 heteroatoms. The molecule has 1 aliphatic heterocycles. The zero-order chi connectivity index (χ0) is 20.6. The van der Waals surface area contributed by atoms with Crippen LogP contribution in [-0.4, -0.2) is 53.6 Å². The van der Waals surface area contributed by atoms with Gasteiger partial charge in [0.1, 0.15) is 6.04 Å². The van der Waals surface area contributed by atoms with E-state index >= 15 is 0 Å². The van der Waals surface area contributed by atoms with Gasteiger partial charge < -0.3 is 4.74 Å². The summed E-state index contributed by atoms with van der Waals surface area (Å²) in [6.45, 7) is 2.78.